The van der Waals surface area contributed by atoms with E-state index in [9.17, 15) is 4.79 Å². The van der Waals surface area contributed by atoms with Crippen molar-refractivity contribution in [3.05, 3.63) is 82.4 Å². The Hall–Kier alpha value is -2.79. The molecule has 0 saturated heterocycles. The average Bonchev–Trinajstić information content (AvgIpc) is 3.28. The van der Waals surface area contributed by atoms with Crippen LogP contribution in [0.5, 0.6) is 0 Å². The van der Waals surface area contributed by atoms with Crippen molar-refractivity contribution in [2.75, 3.05) is 0 Å². The number of carbonyl (C=O) groups is 1. The normalized spacial score (nSPS) is 11.0. The van der Waals surface area contributed by atoms with E-state index in [2.05, 4.69) is 21.2 Å². The fourth-order valence-corrected chi connectivity index (χ4v) is 3.20. The quantitative estimate of drug-likeness (QED) is 0.470. The number of carbonyl (C=O) groups excluding carboxylic acids is 1. The van der Waals surface area contributed by atoms with Crippen LogP contribution in [-0.4, -0.2) is 5.91 Å². The summed E-state index contributed by atoms with van der Waals surface area (Å²) in [6.07, 6.45) is 1.58. The van der Waals surface area contributed by atoms with Crippen molar-refractivity contribution in [1.82, 2.24) is 5.32 Å². The van der Waals surface area contributed by atoms with Gasteiger partial charge in [0.1, 0.15) is 11.3 Å². The van der Waals surface area contributed by atoms with E-state index < -0.39 is 0 Å². The lowest BCUT2D eigenvalue weighted by Gasteiger charge is -2.05. The molecule has 0 saturated carbocycles. The van der Waals surface area contributed by atoms with Crippen molar-refractivity contribution in [3.8, 4) is 11.1 Å². The topological polar surface area (TPSA) is 55.4 Å². The minimum atomic E-state index is -0.270. The molecule has 4 nitrogen and oxygen atoms in total. The van der Waals surface area contributed by atoms with Crippen LogP contribution in [0.1, 0.15) is 21.9 Å². The molecule has 130 valence electrons. The third-order valence-electron chi connectivity index (χ3n) is 4.19. The highest BCUT2D eigenvalue weighted by Gasteiger charge is 2.22. The zero-order valence-corrected chi connectivity index (χ0v) is 15.7. The first-order valence-corrected chi connectivity index (χ1v) is 9.01. The Labute approximate surface area is 158 Å². The number of furan rings is 2. The predicted octanol–water partition coefficient (Wildman–Crippen LogP) is 5.69. The highest BCUT2D eigenvalue weighted by molar-refractivity contribution is 9.10. The van der Waals surface area contributed by atoms with Gasteiger partial charge in [-0.1, -0.05) is 39.7 Å². The van der Waals surface area contributed by atoms with Crippen molar-refractivity contribution in [3.63, 3.8) is 0 Å². The van der Waals surface area contributed by atoms with Crippen molar-refractivity contribution >= 4 is 32.8 Å². The van der Waals surface area contributed by atoms with E-state index in [-0.39, 0.29) is 5.91 Å². The molecular weight excluding hydrogens is 394 g/mol. The Morgan fingerprint density at radius 1 is 1.12 bits per heavy atom. The fraction of sp³-hybridized carbons (Fsp3) is 0.0952. The Bertz CT molecular complexity index is 1060. The van der Waals surface area contributed by atoms with Gasteiger partial charge in [0.2, 0.25) is 5.76 Å². The molecule has 0 radical (unpaired) electrons. The molecule has 1 N–H and O–H groups in total. The fourth-order valence-electron chi connectivity index (χ4n) is 2.94. The lowest BCUT2D eigenvalue weighted by molar-refractivity contribution is 0.0923. The summed E-state index contributed by atoms with van der Waals surface area (Å²) in [5.41, 5.74) is 3.53. The van der Waals surface area contributed by atoms with Crippen molar-refractivity contribution < 1.29 is 13.6 Å². The number of halogens is 1. The predicted molar refractivity (Wildman–Crippen MR) is 104 cm³/mol. The molecule has 0 atom stereocenters. The number of amides is 1. The lowest BCUT2D eigenvalue weighted by atomic mass is 10.0. The van der Waals surface area contributed by atoms with Gasteiger partial charge in [-0.3, -0.25) is 4.79 Å². The minimum Gasteiger partial charge on any atom is -0.467 e. The molecule has 26 heavy (non-hydrogen) atoms. The van der Waals surface area contributed by atoms with Crippen LogP contribution in [0.4, 0.5) is 0 Å². The summed E-state index contributed by atoms with van der Waals surface area (Å²) in [5, 5.41) is 3.79. The van der Waals surface area contributed by atoms with Gasteiger partial charge in [0, 0.05) is 15.4 Å². The first-order chi connectivity index (χ1) is 12.6. The lowest BCUT2D eigenvalue weighted by Crippen LogP contribution is -2.22. The molecule has 0 aliphatic carbocycles. The van der Waals surface area contributed by atoms with E-state index >= 15 is 0 Å². The SMILES string of the molecule is Cc1ccc2oc(C(=O)NCc3ccco3)c(-c3ccc(Br)cc3)c2c1. The van der Waals surface area contributed by atoms with Crippen molar-refractivity contribution in [2.24, 2.45) is 0 Å². The summed E-state index contributed by atoms with van der Waals surface area (Å²) in [7, 11) is 0. The monoisotopic (exact) mass is 409 g/mol. The number of benzene rings is 2. The average molecular weight is 410 g/mol. The van der Waals surface area contributed by atoms with Gasteiger partial charge in [-0.15, -0.1) is 0 Å². The molecule has 0 aliphatic heterocycles. The smallest absolute Gasteiger partial charge is 0.288 e. The Morgan fingerprint density at radius 3 is 2.65 bits per heavy atom. The number of hydrogen-bond acceptors (Lipinski definition) is 3. The van der Waals surface area contributed by atoms with Gasteiger partial charge in [0.05, 0.1) is 12.8 Å². The van der Waals surface area contributed by atoms with Crippen LogP contribution in [0, 0.1) is 6.92 Å². The molecule has 2 heterocycles. The highest BCUT2D eigenvalue weighted by atomic mass is 79.9. The van der Waals surface area contributed by atoms with Gasteiger partial charge < -0.3 is 14.2 Å². The van der Waals surface area contributed by atoms with Gasteiger partial charge in [0.25, 0.3) is 5.91 Å². The summed E-state index contributed by atoms with van der Waals surface area (Å²) < 4.78 is 12.2. The molecule has 0 fully saturated rings. The second kappa shape index (κ2) is 6.84. The largest absolute Gasteiger partial charge is 0.467 e. The molecule has 4 aromatic rings. The van der Waals surface area contributed by atoms with Crippen LogP contribution < -0.4 is 5.32 Å². The van der Waals surface area contributed by atoms with Crippen LogP contribution in [0.15, 0.2) is 74.2 Å². The maximum absolute atomic E-state index is 12.8. The van der Waals surface area contributed by atoms with E-state index in [1.807, 2.05) is 55.5 Å². The summed E-state index contributed by atoms with van der Waals surface area (Å²) in [4.78, 5) is 12.8. The molecule has 0 unspecified atom stereocenters. The molecule has 2 aromatic carbocycles. The molecule has 0 spiro atoms. The summed E-state index contributed by atoms with van der Waals surface area (Å²) in [6, 6.07) is 17.4. The number of aryl methyl sites for hydroxylation is 1. The number of fused-ring (bicyclic) bond motifs is 1. The van der Waals surface area contributed by atoms with Crippen LogP contribution in [-0.2, 0) is 6.54 Å². The zero-order chi connectivity index (χ0) is 18.1. The minimum absolute atomic E-state index is 0.270. The van der Waals surface area contributed by atoms with Gasteiger partial charge in [-0.25, -0.2) is 0 Å². The third kappa shape index (κ3) is 3.18. The zero-order valence-electron chi connectivity index (χ0n) is 14.1. The summed E-state index contributed by atoms with van der Waals surface area (Å²) in [5.74, 6) is 0.725. The maximum Gasteiger partial charge on any atom is 0.288 e. The first kappa shape index (κ1) is 16.7. The molecule has 1 amide bonds. The van der Waals surface area contributed by atoms with Crippen LogP contribution in [0.2, 0.25) is 0 Å². The standard InChI is InChI=1S/C21H16BrNO3/c1-13-4-9-18-17(11-13)19(14-5-7-15(22)8-6-14)20(26-18)21(24)23-12-16-3-2-10-25-16/h2-11H,12H2,1H3,(H,23,24). The van der Waals surface area contributed by atoms with Gasteiger partial charge in [-0.2, -0.15) is 0 Å². The molecule has 5 heteroatoms. The summed E-state index contributed by atoms with van der Waals surface area (Å²) >= 11 is 3.45. The molecule has 4 rings (SSSR count). The van der Waals surface area contributed by atoms with Crippen LogP contribution >= 0.6 is 15.9 Å². The number of rotatable bonds is 4. The number of nitrogens with one attached hydrogen (secondary N) is 1. The van der Waals surface area contributed by atoms with E-state index in [0.717, 1.165) is 26.5 Å². The second-order valence-corrected chi connectivity index (χ2v) is 6.99. The maximum atomic E-state index is 12.8. The second-order valence-electron chi connectivity index (χ2n) is 6.07. The van der Waals surface area contributed by atoms with E-state index in [1.54, 1.807) is 12.3 Å². The molecule has 0 bridgehead atoms. The van der Waals surface area contributed by atoms with Gasteiger partial charge in [0.15, 0.2) is 0 Å². The van der Waals surface area contributed by atoms with Gasteiger partial charge >= 0.3 is 0 Å². The highest BCUT2D eigenvalue weighted by Crippen LogP contribution is 2.36. The number of hydrogen-bond donors (Lipinski definition) is 1. The van der Waals surface area contributed by atoms with Crippen LogP contribution in [0.3, 0.4) is 0 Å². The van der Waals surface area contributed by atoms with Crippen LogP contribution in [0.25, 0.3) is 22.1 Å². The first-order valence-electron chi connectivity index (χ1n) is 8.21. The van der Waals surface area contributed by atoms with Crippen molar-refractivity contribution in [2.45, 2.75) is 13.5 Å². The summed E-state index contributed by atoms with van der Waals surface area (Å²) in [6.45, 7) is 2.33. The molecular formula is C21H16BrNO3. The molecule has 0 aliphatic rings. The van der Waals surface area contributed by atoms with Gasteiger partial charge in [-0.05, 0) is 48.9 Å². The third-order valence-corrected chi connectivity index (χ3v) is 4.71. The van der Waals surface area contributed by atoms with E-state index in [4.69, 9.17) is 8.83 Å². The molecule has 2 aromatic heterocycles. The Balaban J connectivity index is 1.78. The Morgan fingerprint density at radius 2 is 1.92 bits per heavy atom. The Kier molecular flexibility index (Phi) is 4.39. The van der Waals surface area contributed by atoms with Crippen molar-refractivity contribution in [1.29, 1.82) is 0 Å². The van der Waals surface area contributed by atoms with E-state index in [0.29, 0.717) is 23.6 Å². The van der Waals surface area contributed by atoms with E-state index in [1.165, 1.54) is 0 Å².